The monoisotopic (exact) mass is 367 g/mol. The van der Waals surface area contributed by atoms with E-state index >= 15 is 0 Å². The predicted octanol–water partition coefficient (Wildman–Crippen LogP) is 6.37. The number of nitrogens with zero attached hydrogens (tertiary/aromatic N) is 1. The highest BCUT2D eigenvalue weighted by atomic mass is 35.5. The summed E-state index contributed by atoms with van der Waals surface area (Å²) in [7, 11) is 0. The molecule has 3 aromatic rings. The van der Waals surface area contributed by atoms with Crippen molar-refractivity contribution < 1.29 is 9.13 Å². The molecule has 0 saturated carbocycles. The van der Waals surface area contributed by atoms with Crippen LogP contribution >= 0.6 is 11.6 Å². The minimum Gasteiger partial charge on any atom is -0.488 e. The van der Waals surface area contributed by atoms with Crippen LogP contribution in [-0.4, -0.2) is 6.21 Å². The van der Waals surface area contributed by atoms with Gasteiger partial charge in [0, 0.05) is 16.8 Å². The fourth-order valence-corrected chi connectivity index (χ4v) is 2.68. The summed E-state index contributed by atoms with van der Waals surface area (Å²) >= 11 is 6.11. The van der Waals surface area contributed by atoms with E-state index in [2.05, 4.69) is 24.0 Å². The molecule has 0 aliphatic heterocycles. The first-order valence-electron chi connectivity index (χ1n) is 8.44. The van der Waals surface area contributed by atoms with Crippen LogP contribution in [0.5, 0.6) is 5.75 Å². The van der Waals surface area contributed by atoms with Gasteiger partial charge in [0.25, 0.3) is 0 Å². The first-order chi connectivity index (χ1) is 12.6. The summed E-state index contributed by atoms with van der Waals surface area (Å²) in [6.45, 7) is 2.39. The molecule has 0 heterocycles. The van der Waals surface area contributed by atoms with Gasteiger partial charge >= 0.3 is 0 Å². The van der Waals surface area contributed by atoms with Gasteiger partial charge in [-0.05, 0) is 60.0 Å². The SMILES string of the molecule is CCc1ccc(N=Cc2cc(Cl)ccc2OCc2cccc(F)c2)cc1. The van der Waals surface area contributed by atoms with Crippen LogP contribution in [0.4, 0.5) is 10.1 Å². The zero-order valence-corrected chi connectivity index (χ0v) is 15.2. The smallest absolute Gasteiger partial charge is 0.128 e. The van der Waals surface area contributed by atoms with Crippen LogP contribution in [-0.2, 0) is 13.0 Å². The predicted molar refractivity (Wildman–Crippen MR) is 105 cm³/mol. The third-order valence-corrected chi connectivity index (χ3v) is 4.19. The third kappa shape index (κ3) is 4.93. The molecule has 0 radical (unpaired) electrons. The molecule has 0 aliphatic carbocycles. The Labute approximate surface area is 157 Å². The maximum Gasteiger partial charge on any atom is 0.128 e. The van der Waals surface area contributed by atoms with Gasteiger partial charge in [-0.15, -0.1) is 0 Å². The van der Waals surface area contributed by atoms with Crippen molar-refractivity contribution >= 4 is 23.5 Å². The molecule has 26 heavy (non-hydrogen) atoms. The number of benzene rings is 3. The number of rotatable bonds is 6. The summed E-state index contributed by atoms with van der Waals surface area (Å²) in [4.78, 5) is 4.50. The summed E-state index contributed by atoms with van der Waals surface area (Å²) in [5.41, 5.74) is 3.66. The van der Waals surface area contributed by atoms with Crippen LogP contribution < -0.4 is 4.74 Å². The number of ether oxygens (including phenoxy) is 1. The fraction of sp³-hybridized carbons (Fsp3) is 0.136. The van der Waals surface area contributed by atoms with Crippen LogP contribution in [0.25, 0.3) is 0 Å². The van der Waals surface area contributed by atoms with Crippen molar-refractivity contribution in [1.29, 1.82) is 0 Å². The van der Waals surface area contributed by atoms with Gasteiger partial charge in [0.15, 0.2) is 0 Å². The van der Waals surface area contributed by atoms with Crippen LogP contribution in [0.2, 0.25) is 5.02 Å². The van der Waals surface area contributed by atoms with Crippen molar-refractivity contribution in [3.8, 4) is 5.75 Å². The molecule has 4 heteroatoms. The lowest BCUT2D eigenvalue weighted by atomic mass is 10.1. The van der Waals surface area contributed by atoms with Crippen molar-refractivity contribution in [2.45, 2.75) is 20.0 Å². The molecule has 0 amide bonds. The number of hydrogen-bond acceptors (Lipinski definition) is 2. The van der Waals surface area contributed by atoms with Gasteiger partial charge in [0.05, 0.1) is 5.69 Å². The van der Waals surface area contributed by atoms with E-state index in [1.807, 2.05) is 18.2 Å². The molecule has 2 nitrogen and oxygen atoms in total. The highest BCUT2D eigenvalue weighted by molar-refractivity contribution is 6.30. The van der Waals surface area contributed by atoms with Crippen molar-refractivity contribution in [2.24, 2.45) is 4.99 Å². The lowest BCUT2D eigenvalue weighted by molar-refractivity contribution is 0.305. The highest BCUT2D eigenvalue weighted by Crippen LogP contribution is 2.24. The van der Waals surface area contributed by atoms with E-state index in [4.69, 9.17) is 16.3 Å². The van der Waals surface area contributed by atoms with Gasteiger partial charge in [0.2, 0.25) is 0 Å². The molecule has 0 atom stereocenters. The second-order valence-electron chi connectivity index (χ2n) is 5.88. The van der Waals surface area contributed by atoms with Gasteiger partial charge in [-0.3, -0.25) is 4.99 Å². The average Bonchev–Trinajstić information content (AvgIpc) is 2.66. The van der Waals surface area contributed by atoms with Gasteiger partial charge in [-0.1, -0.05) is 42.8 Å². The van der Waals surface area contributed by atoms with Crippen molar-refractivity contribution in [3.63, 3.8) is 0 Å². The Morgan fingerprint density at radius 1 is 1.00 bits per heavy atom. The van der Waals surface area contributed by atoms with Gasteiger partial charge < -0.3 is 4.74 Å². The Kier molecular flexibility index (Phi) is 6.03. The average molecular weight is 368 g/mol. The van der Waals surface area contributed by atoms with Gasteiger partial charge in [-0.2, -0.15) is 0 Å². The lowest BCUT2D eigenvalue weighted by Gasteiger charge is -2.10. The molecule has 0 unspecified atom stereocenters. The van der Waals surface area contributed by atoms with E-state index in [0.717, 1.165) is 23.2 Å². The lowest BCUT2D eigenvalue weighted by Crippen LogP contribution is -1.99. The molecule has 0 aromatic heterocycles. The first-order valence-corrected chi connectivity index (χ1v) is 8.81. The van der Waals surface area contributed by atoms with Crippen LogP contribution in [0.15, 0.2) is 71.7 Å². The Bertz CT molecular complexity index is 906. The number of aliphatic imine (C=N–C) groups is 1. The van der Waals surface area contributed by atoms with Crippen molar-refractivity contribution in [3.05, 3.63) is 94.3 Å². The fourth-order valence-electron chi connectivity index (χ4n) is 2.50. The molecule has 0 fully saturated rings. The van der Waals surface area contributed by atoms with Crippen LogP contribution in [0.3, 0.4) is 0 Å². The van der Waals surface area contributed by atoms with Crippen molar-refractivity contribution in [2.75, 3.05) is 0 Å². The summed E-state index contributed by atoms with van der Waals surface area (Å²) in [6, 6.07) is 19.8. The standard InChI is InChI=1S/C22H19ClFNO/c1-2-16-6-9-21(10-7-16)25-14-18-13-19(23)8-11-22(18)26-15-17-4-3-5-20(24)12-17/h3-14H,2,15H2,1H3. The highest BCUT2D eigenvalue weighted by Gasteiger charge is 2.04. The van der Waals surface area contributed by atoms with Crippen LogP contribution in [0.1, 0.15) is 23.6 Å². The summed E-state index contributed by atoms with van der Waals surface area (Å²) in [5, 5.41) is 0.603. The third-order valence-electron chi connectivity index (χ3n) is 3.95. The minimum atomic E-state index is -0.278. The first kappa shape index (κ1) is 18.2. The summed E-state index contributed by atoms with van der Waals surface area (Å²) < 4.78 is 19.1. The Morgan fingerprint density at radius 2 is 1.81 bits per heavy atom. The molecule has 3 aromatic carbocycles. The van der Waals surface area contributed by atoms with E-state index in [1.54, 1.807) is 30.5 Å². The minimum absolute atomic E-state index is 0.269. The Hall–Kier alpha value is -2.65. The molecule has 3 rings (SSSR count). The maximum atomic E-state index is 13.3. The summed E-state index contributed by atoms with van der Waals surface area (Å²) in [6.07, 6.45) is 2.73. The number of halogens is 2. The van der Waals surface area contributed by atoms with E-state index < -0.39 is 0 Å². The Morgan fingerprint density at radius 3 is 2.54 bits per heavy atom. The van der Waals surface area contributed by atoms with E-state index in [0.29, 0.717) is 10.8 Å². The molecule has 0 spiro atoms. The normalized spacial score (nSPS) is 11.0. The van der Waals surface area contributed by atoms with E-state index in [9.17, 15) is 4.39 Å². The van der Waals surface area contributed by atoms with Crippen LogP contribution in [0, 0.1) is 5.82 Å². The van der Waals surface area contributed by atoms with Crippen molar-refractivity contribution in [1.82, 2.24) is 0 Å². The number of hydrogen-bond donors (Lipinski definition) is 0. The molecule has 0 aliphatic rings. The molecule has 0 saturated heterocycles. The number of aryl methyl sites for hydroxylation is 1. The topological polar surface area (TPSA) is 21.6 Å². The summed E-state index contributed by atoms with van der Waals surface area (Å²) in [5.74, 6) is 0.368. The quantitative estimate of drug-likeness (QED) is 0.464. The second kappa shape index (κ2) is 8.63. The molecule has 0 bridgehead atoms. The molecule has 0 N–H and O–H groups in total. The second-order valence-corrected chi connectivity index (χ2v) is 6.32. The zero-order valence-electron chi connectivity index (χ0n) is 14.5. The Balaban J connectivity index is 1.77. The molecule has 132 valence electrons. The van der Waals surface area contributed by atoms with E-state index in [-0.39, 0.29) is 12.4 Å². The maximum absolute atomic E-state index is 13.3. The van der Waals surface area contributed by atoms with E-state index in [1.165, 1.54) is 17.7 Å². The zero-order chi connectivity index (χ0) is 18.4. The largest absolute Gasteiger partial charge is 0.488 e. The van der Waals surface area contributed by atoms with Gasteiger partial charge in [-0.25, -0.2) is 4.39 Å². The molecular formula is C22H19ClFNO. The van der Waals surface area contributed by atoms with Gasteiger partial charge in [0.1, 0.15) is 18.2 Å². The molecular weight excluding hydrogens is 349 g/mol.